The lowest BCUT2D eigenvalue weighted by Crippen LogP contribution is -2.36. The van der Waals surface area contributed by atoms with Gasteiger partial charge < -0.3 is 14.9 Å². The molecule has 0 spiro atoms. The number of hydrogen-bond acceptors (Lipinski definition) is 6. The highest BCUT2D eigenvalue weighted by Gasteiger charge is 2.20. The van der Waals surface area contributed by atoms with Gasteiger partial charge in [-0.3, -0.25) is 15.0 Å². The minimum Gasteiger partial charge on any atom is -0.398 e. The molecule has 1 saturated heterocycles. The minimum absolute atomic E-state index is 0.0522. The summed E-state index contributed by atoms with van der Waals surface area (Å²) in [6.07, 6.45) is 1.85. The lowest BCUT2D eigenvalue weighted by atomic mass is 10.1. The molecule has 1 aromatic carbocycles. The number of nitrogens with two attached hydrogens (primary N) is 1. The molecule has 0 bridgehead atoms. The first-order chi connectivity index (χ1) is 12.6. The molecule has 4 rings (SSSR count). The maximum atomic E-state index is 11.1. The summed E-state index contributed by atoms with van der Waals surface area (Å²) in [5.74, 6) is 0. The van der Waals surface area contributed by atoms with Crippen LogP contribution in [0, 0.1) is 10.1 Å². The molecule has 0 atom stereocenters. The van der Waals surface area contributed by atoms with Crippen LogP contribution in [-0.4, -0.2) is 45.5 Å². The van der Waals surface area contributed by atoms with Crippen LogP contribution >= 0.6 is 0 Å². The van der Waals surface area contributed by atoms with Crippen molar-refractivity contribution in [1.82, 2.24) is 14.3 Å². The van der Waals surface area contributed by atoms with Crippen molar-refractivity contribution >= 4 is 17.0 Å². The number of nitrogens with zero attached hydrogens (tertiary/aromatic N) is 4. The fraction of sp³-hybridized carbons (Fsp3) is 0.278. The van der Waals surface area contributed by atoms with Crippen LogP contribution in [0.4, 0.5) is 11.4 Å². The smallest absolute Gasteiger partial charge is 0.270 e. The molecule has 0 amide bonds. The van der Waals surface area contributed by atoms with E-state index in [4.69, 9.17) is 15.5 Å². The fourth-order valence-corrected chi connectivity index (χ4v) is 3.23. The van der Waals surface area contributed by atoms with Crippen LogP contribution in [0.2, 0.25) is 0 Å². The van der Waals surface area contributed by atoms with E-state index in [0.717, 1.165) is 35.7 Å². The summed E-state index contributed by atoms with van der Waals surface area (Å²) in [5, 5.41) is 11.1. The summed E-state index contributed by atoms with van der Waals surface area (Å²) in [5.41, 5.74) is 9.86. The third-order valence-corrected chi connectivity index (χ3v) is 4.55. The number of aromatic nitrogens is 2. The standard InChI is InChI=1S/C18H19N5O3/c19-14-4-5-17-20-18(13-2-1-3-15(10-13)23(24)25)16(22(17)11-14)12-21-6-8-26-9-7-21/h1-5,10-11H,6-9,12,19H2. The van der Waals surface area contributed by atoms with Gasteiger partial charge in [-0.05, 0) is 12.1 Å². The Morgan fingerprint density at radius 1 is 1.23 bits per heavy atom. The molecule has 8 heteroatoms. The summed E-state index contributed by atoms with van der Waals surface area (Å²) < 4.78 is 7.39. The van der Waals surface area contributed by atoms with Gasteiger partial charge in [0.2, 0.25) is 0 Å². The summed E-state index contributed by atoms with van der Waals surface area (Å²) in [6, 6.07) is 10.2. The van der Waals surface area contributed by atoms with Crippen LogP contribution in [-0.2, 0) is 11.3 Å². The molecule has 0 unspecified atom stereocenters. The zero-order valence-electron chi connectivity index (χ0n) is 14.2. The van der Waals surface area contributed by atoms with Crippen LogP contribution < -0.4 is 5.73 Å². The Morgan fingerprint density at radius 3 is 2.81 bits per heavy atom. The highest BCUT2D eigenvalue weighted by molar-refractivity contribution is 5.69. The third kappa shape index (κ3) is 3.12. The molecule has 8 nitrogen and oxygen atoms in total. The van der Waals surface area contributed by atoms with E-state index in [1.54, 1.807) is 18.2 Å². The molecule has 0 aliphatic carbocycles. The van der Waals surface area contributed by atoms with Gasteiger partial charge in [0.25, 0.3) is 5.69 Å². The maximum absolute atomic E-state index is 11.1. The number of morpholine rings is 1. The van der Waals surface area contributed by atoms with E-state index in [9.17, 15) is 10.1 Å². The highest BCUT2D eigenvalue weighted by Crippen LogP contribution is 2.29. The summed E-state index contributed by atoms with van der Waals surface area (Å²) in [7, 11) is 0. The first-order valence-electron chi connectivity index (χ1n) is 8.43. The quantitative estimate of drug-likeness (QED) is 0.571. The van der Waals surface area contributed by atoms with Gasteiger partial charge >= 0.3 is 0 Å². The van der Waals surface area contributed by atoms with Gasteiger partial charge in [-0.1, -0.05) is 12.1 Å². The van der Waals surface area contributed by atoms with Crippen molar-refractivity contribution in [3.8, 4) is 11.3 Å². The number of nitrogen functional groups attached to an aromatic ring is 1. The van der Waals surface area contributed by atoms with Crippen LogP contribution in [0.15, 0.2) is 42.6 Å². The molecule has 134 valence electrons. The Hall–Kier alpha value is -2.97. The Kier molecular flexibility index (Phi) is 4.27. The van der Waals surface area contributed by atoms with Gasteiger partial charge in [-0.2, -0.15) is 0 Å². The number of nitro groups is 1. The number of hydrogen-bond donors (Lipinski definition) is 1. The Balaban J connectivity index is 1.83. The van der Waals surface area contributed by atoms with E-state index in [-0.39, 0.29) is 10.6 Å². The fourth-order valence-electron chi connectivity index (χ4n) is 3.23. The second-order valence-electron chi connectivity index (χ2n) is 6.29. The Bertz CT molecular complexity index is 963. The molecule has 26 heavy (non-hydrogen) atoms. The van der Waals surface area contributed by atoms with Gasteiger partial charge in [0.1, 0.15) is 5.65 Å². The van der Waals surface area contributed by atoms with Crippen LogP contribution in [0.5, 0.6) is 0 Å². The molecule has 0 radical (unpaired) electrons. The average molecular weight is 353 g/mol. The average Bonchev–Trinajstić information content (AvgIpc) is 3.00. The van der Waals surface area contributed by atoms with Crippen molar-refractivity contribution in [3.05, 3.63) is 58.4 Å². The molecule has 1 fully saturated rings. The zero-order valence-corrected chi connectivity index (χ0v) is 14.2. The number of ether oxygens (including phenoxy) is 1. The lowest BCUT2D eigenvalue weighted by molar-refractivity contribution is -0.384. The van der Waals surface area contributed by atoms with Crippen molar-refractivity contribution in [3.63, 3.8) is 0 Å². The molecular formula is C18H19N5O3. The summed E-state index contributed by atoms with van der Waals surface area (Å²) >= 11 is 0. The summed E-state index contributed by atoms with van der Waals surface area (Å²) in [6.45, 7) is 3.75. The number of imidazole rings is 1. The van der Waals surface area contributed by atoms with Crippen molar-refractivity contribution in [2.75, 3.05) is 32.0 Å². The van der Waals surface area contributed by atoms with Crippen molar-refractivity contribution in [1.29, 1.82) is 0 Å². The number of benzene rings is 1. The van der Waals surface area contributed by atoms with Crippen LogP contribution in [0.25, 0.3) is 16.9 Å². The molecule has 0 saturated carbocycles. The Morgan fingerprint density at radius 2 is 2.04 bits per heavy atom. The lowest BCUT2D eigenvalue weighted by Gasteiger charge is -2.26. The minimum atomic E-state index is -0.390. The van der Waals surface area contributed by atoms with Gasteiger partial charge in [0.05, 0.1) is 29.5 Å². The zero-order chi connectivity index (χ0) is 18.1. The first-order valence-corrected chi connectivity index (χ1v) is 8.43. The number of anilines is 1. The highest BCUT2D eigenvalue weighted by atomic mass is 16.6. The third-order valence-electron chi connectivity index (χ3n) is 4.55. The maximum Gasteiger partial charge on any atom is 0.270 e. The van der Waals surface area contributed by atoms with Crippen LogP contribution in [0.3, 0.4) is 0 Å². The van der Waals surface area contributed by atoms with E-state index >= 15 is 0 Å². The van der Waals surface area contributed by atoms with E-state index in [1.165, 1.54) is 6.07 Å². The molecule has 3 heterocycles. The SMILES string of the molecule is Nc1ccc2nc(-c3cccc([N+](=O)[O-])c3)c(CN3CCOCC3)n2c1. The van der Waals surface area contributed by atoms with E-state index in [1.807, 2.05) is 22.7 Å². The van der Waals surface area contributed by atoms with Gasteiger partial charge in [-0.25, -0.2) is 4.98 Å². The second kappa shape index (κ2) is 6.74. The predicted molar refractivity (Wildman–Crippen MR) is 97.8 cm³/mol. The van der Waals surface area contributed by atoms with Gasteiger partial charge in [0.15, 0.2) is 0 Å². The van der Waals surface area contributed by atoms with Crippen molar-refractivity contribution in [2.45, 2.75) is 6.54 Å². The molecular weight excluding hydrogens is 334 g/mol. The molecule has 3 aromatic rings. The number of non-ortho nitro benzene ring substituents is 1. The topological polar surface area (TPSA) is 98.9 Å². The number of rotatable bonds is 4. The van der Waals surface area contributed by atoms with Gasteiger partial charge in [-0.15, -0.1) is 0 Å². The normalized spacial score (nSPS) is 15.4. The monoisotopic (exact) mass is 353 g/mol. The second-order valence-corrected chi connectivity index (χ2v) is 6.29. The molecule has 1 aliphatic rings. The Labute approximate surface area is 150 Å². The number of nitro benzene ring substituents is 1. The predicted octanol–water partition coefficient (Wildman–Crippen LogP) is 2.32. The van der Waals surface area contributed by atoms with E-state index in [0.29, 0.717) is 25.4 Å². The van der Waals surface area contributed by atoms with E-state index in [2.05, 4.69) is 4.90 Å². The first kappa shape index (κ1) is 16.5. The van der Waals surface area contributed by atoms with E-state index < -0.39 is 0 Å². The number of fused-ring (bicyclic) bond motifs is 1. The summed E-state index contributed by atoms with van der Waals surface area (Å²) in [4.78, 5) is 17.8. The van der Waals surface area contributed by atoms with Gasteiger partial charge in [0, 0.05) is 49.2 Å². The van der Waals surface area contributed by atoms with Crippen LogP contribution in [0.1, 0.15) is 5.69 Å². The number of pyridine rings is 1. The molecule has 2 N–H and O–H groups in total. The molecule has 2 aromatic heterocycles. The van der Waals surface area contributed by atoms with Crippen molar-refractivity contribution in [2.24, 2.45) is 0 Å². The van der Waals surface area contributed by atoms with Crippen molar-refractivity contribution < 1.29 is 9.66 Å². The largest absolute Gasteiger partial charge is 0.398 e. The molecule has 1 aliphatic heterocycles.